The number of aliphatic hydroxyl groups excluding tert-OH is 3. The fourth-order valence-corrected chi connectivity index (χ4v) is 15.8. The molecule has 7 heterocycles. The zero-order valence-corrected chi connectivity index (χ0v) is 82.2. The van der Waals surface area contributed by atoms with E-state index < -0.39 is 0 Å². The molecule has 0 amide bonds. The minimum Gasteiger partial charge on any atom is -0.512 e. The molecule has 0 saturated heterocycles. The van der Waals surface area contributed by atoms with Crippen LogP contribution in [0.5, 0.6) is 0 Å². The minimum absolute atomic E-state index is 0. The second kappa shape index (κ2) is 45.6. The van der Waals surface area contributed by atoms with E-state index in [4.69, 9.17) is 25.2 Å². The van der Waals surface area contributed by atoms with Crippen LogP contribution in [0.25, 0.3) is 149 Å². The number of aryl methyl sites for hydroxylation is 4. The molecule has 5 aromatic heterocycles. The second-order valence-corrected chi connectivity index (χ2v) is 32.5. The van der Waals surface area contributed by atoms with Crippen LogP contribution >= 0.6 is 0 Å². The third-order valence-electron chi connectivity index (χ3n) is 21.7. The van der Waals surface area contributed by atoms with Crippen molar-refractivity contribution in [3.05, 3.63) is 409 Å². The van der Waals surface area contributed by atoms with Gasteiger partial charge in [0.25, 0.3) is 0 Å². The molecule has 131 heavy (non-hydrogen) atoms. The number of carbonyl (C=O) groups excluding carboxylic acids is 3. The Morgan fingerprint density at radius 1 is 0.443 bits per heavy atom. The van der Waals surface area contributed by atoms with Crippen LogP contribution in [-0.4, -0.2) is 62.6 Å². The molecule has 661 valence electrons. The van der Waals surface area contributed by atoms with E-state index in [9.17, 15) is 19.5 Å². The minimum atomic E-state index is -0.125. The molecule has 21 rings (SSSR count). The van der Waals surface area contributed by atoms with E-state index in [1.807, 2.05) is 120 Å². The summed E-state index contributed by atoms with van der Waals surface area (Å²) in [6.07, 6.45) is 7.68. The zero-order chi connectivity index (χ0) is 90.1. The first-order valence-electron chi connectivity index (χ1n) is 42.8. The Hall–Kier alpha value is -13.6. The third-order valence-corrected chi connectivity index (χ3v) is 21.7. The van der Waals surface area contributed by atoms with Crippen molar-refractivity contribution in [2.75, 3.05) is 0 Å². The SMILES string of the molecule is CC(=O)C=C(C)O.CC(=O)C=C(C)O.CC(C)C(=O)C=C(O)C(C)C.Cc1[c-]c(-c2ccc3ccccc3n2)cc(C)c1.Cc1cc2ccccc2[n+]2c1-c1ccccc1C2.Cc1cnc2c3[c-]cc(-c4ccccc4)cc3c3cc(-c4ccccc4)ccc3c2n1.[Ir].[Ir].[Ir].[c-]1ccc2ccccc2c1-n1nc2ccccc2n1.c1ccc2c(c1)C[n+]1ccc3ccccc3c1-2. The Morgan fingerprint density at radius 3 is 1.60 bits per heavy atom. The van der Waals surface area contributed by atoms with Crippen molar-refractivity contribution in [1.82, 2.24) is 29.9 Å². The summed E-state index contributed by atoms with van der Waals surface area (Å²) in [7, 11) is 0. The molecule has 0 saturated carbocycles. The van der Waals surface area contributed by atoms with E-state index in [-0.39, 0.29) is 107 Å². The van der Waals surface area contributed by atoms with Crippen LogP contribution in [0.1, 0.15) is 88.9 Å². The molecule has 2 aliphatic rings. The van der Waals surface area contributed by atoms with Crippen molar-refractivity contribution >= 4 is 104 Å². The Bertz CT molecular complexity index is 7340. The van der Waals surface area contributed by atoms with E-state index in [0.29, 0.717) is 0 Å². The van der Waals surface area contributed by atoms with Gasteiger partial charge in [0, 0.05) is 136 Å². The first-order valence-corrected chi connectivity index (χ1v) is 42.8. The molecule has 0 aliphatic carbocycles. The molecule has 19 aromatic rings. The predicted molar refractivity (Wildman–Crippen MR) is 521 cm³/mol. The van der Waals surface area contributed by atoms with Gasteiger partial charge in [-0.3, -0.25) is 24.4 Å². The van der Waals surface area contributed by atoms with Crippen LogP contribution in [0, 0.1) is 57.7 Å². The molecule has 0 atom stereocenters. The van der Waals surface area contributed by atoms with E-state index in [2.05, 4.69) is 295 Å². The largest absolute Gasteiger partial charge is 0.512 e. The van der Waals surface area contributed by atoms with Gasteiger partial charge < -0.3 is 20.3 Å². The van der Waals surface area contributed by atoms with Gasteiger partial charge in [-0.2, -0.15) is 42.3 Å². The van der Waals surface area contributed by atoms with Crippen molar-refractivity contribution in [1.29, 1.82) is 0 Å². The number of aliphatic hydroxyl groups is 3. The number of para-hydroxylation sites is 2. The number of hydrogen-bond donors (Lipinski definition) is 3. The Labute approximate surface area is 805 Å². The van der Waals surface area contributed by atoms with Crippen LogP contribution in [-0.2, 0) is 87.8 Å². The summed E-state index contributed by atoms with van der Waals surface area (Å²) in [5.74, 6) is 0.0356. The molecule has 3 radical (unpaired) electrons. The van der Waals surface area contributed by atoms with Crippen molar-refractivity contribution < 1.29 is 99.2 Å². The second-order valence-electron chi connectivity index (χ2n) is 32.5. The quantitative estimate of drug-likeness (QED) is 0.0410. The van der Waals surface area contributed by atoms with Crippen LogP contribution in [0.4, 0.5) is 0 Å². The molecule has 0 spiro atoms. The Kier molecular flexibility index (Phi) is 34.1. The summed E-state index contributed by atoms with van der Waals surface area (Å²) in [6, 6.07) is 118. The van der Waals surface area contributed by atoms with Gasteiger partial charge in [-0.1, -0.05) is 270 Å². The number of hydrogen-bond acceptors (Lipinski definition) is 11. The number of pyridine rings is 3. The van der Waals surface area contributed by atoms with Crippen molar-refractivity contribution in [3.63, 3.8) is 0 Å². The van der Waals surface area contributed by atoms with Crippen molar-refractivity contribution in [2.24, 2.45) is 11.8 Å². The summed E-state index contributed by atoms with van der Waals surface area (Å²) in [5.41, 5.74) is 26.7. The molecule has 14 nitrogen and oxygen atoms in total. The maximum Gasteiger partial charge on any atom is 0.221 e. The van der Waals surface area contributed by atoms with Crippen LogP contribution < -0.4 is 9.13 Å². The average molecular weight is 2260 g/mol. The number of benzene rings is 14. The van der Waals surface area contributed by atoms with Gasteiger partial charge in [-0.15, -0.1) is 75.3 Å². The van der Waals surface area contributed by atoms with E-state index in [1.54, 1.807) is 4.80 Å². The molecule has 2 aliphatic heterocycles. The smallest absolute Gasteiger partial charge is 0.221 e. The summed E-state index contributed by atoms with van der Waals surface area (Å²) in [5, 5.41) is 46.8. The number of carbonyl (C=O) groups is 3. The fourth-order valence-electron chi connectivity index (χ4n) is 15.8. The van der Waals surface area contributed by atoms with Crippen LogP contribution in [0.2, 0.25) is 0 Å². The Balaban J connectivity index is 0.000000150. The van der Waals surface area contributed by atoms with Gasteiger partial charge in [0.05, 0.1) is 50.5 Å². The van der Waals surface area contributed by atoms with Crippen LogP contribution in [0.15, 0.2) is 357 Å². The number of allylic oxidation sites excluding steroid dienone is 6. The monoisotopic (exact) mass is 2260 g/mol. The number of fused-ring (bicyclic) bond motifs is 19. The van der Waals surface area contributed by atoms with Gasteiger partial charge in [-0.05, 0) is 129 Å². The first-order chi connectivity index (χ1) is 61.9. The fraction of sp³-hybridized carbons (Fsp3) is 0.140. The molecule has 14 aromatic carbocycles. The number of nitrogens with zero attached hydrogens (tertiary/aromatic N) is 8. The maximum atomic E-state index is 11.0. The average Bonchev–Trinajstić information content (AvgIpc) is 1.01. The van der Waals surface area contributed by atoms with E-state index in [1.165, 1.54) is 140 Å². The Morgan fingerprint density at radius 2 is 0.985 bits per heavy atom. The van der Waals surface area contributed by atoms with Crippen molar-refractivity contribution in [2.45, 2.75) is 96.2 Å². The molecule has 17 heteroatoms. The summed E-state index contributed by atoms with van der Waals surface area (Å²) >= 11 is 0. The standard InChI is InChI=1S/C29H19N2.2C17H14N.C16H10N3.C16H12N.C9H16O2.2C5H8O2.3Ir/c1-19-18-30-28-24-14-12-22(20-8-4-2-5-9-20)16-26(24)27-17-23(21-10-6-3-7-11-21)13-15-25(27)29(28)31-19;1-12-10-13-6-3-5-9-16(13)18-11-14-7-2-4-8-15(14)17(12)18;1-12-9-13(2)11-15(10-12)17-8-7-14-5-3-4-6-16(14)18-17;1-2-8-13-12(6-1)7-5-11-16(13)19-17-14-9-3-4-10-15(14)18-19;1-3-7-14-12(5-1)9-10-17-11-13-6-2-4-8-15(13)16(14)17;1-6(2)8(10)5-9(11)7(3)4;2*1-4(6)3-5(2)7;;;/h2-13,15-18H,1H3;2-10H,11H2,1H3;3-10H,1-2H3;1-10H;1-10H,11H2;5-7,10H,1-4H3;2*3,6H,1-2H3;;;/q-1;+1;2*-1;+1;;;;;;. The normalized spacial score (nSPS) is 11.4. The molecule has 0 bridgehead atoms. The van der Waals surface area contributed by atoms with Crippen LogP contribution in [0.3, 0.4) is 0 Å². The molecule has 3 N–H and O–H groups in total. The van der Waals surface area contributed by atoms with E-state index in [0.717, 1.165) is 101 Å². The summed E-state index contributed by atoms with van der Waals surface area (Å²) < 4.78 is 4.78. The summed E-state index contributed by atoms with van der Waals surface area (Å²) in [4.78, 5) is 47.0. The molecule has 0 fully saturated rings. The van der Waals surface area contributed by atoms with Gasteiger partial charge >= 0.3 is 0 Å². The van der Waals surface area contributed by atoms with E-state index >= 15 is 0 Å². The molecular formula is C114H101Ir3N8O6-. The van der Waals surface area contributed by atoms with Gasteiger partial charge in [-0.25, -0.2) is 0 Å². The zero-order valence-electron chi connectivity index (χ0n) is 75.0. The number of aromatic nitrogens is 8. The number of rotatable bonds is 9. The van der Waals surface area contributed by atoms with Gasteiger partial charge in [0.2, 0.25) is 16.9 Å². The summed E-state index contributed by atoms with van der Waals surface area (Å²) in [6.45, 7) is 23.4. The van der Waals surface area contributed by atoms with Gasteiger partial charge in [0.1, 0.15) is 11.0 Å². The van der Waals surface area contributed by atoms with Crippen molar-refractivity contribution in [3.8, 4) is 61.7 Å². The molecular weight excluding hydrogens is 2150 g/mol. The third kappa shape index (κ3) is 24.3. The molecule has 0 unspecified atom stereocenters. The maximum absolute atomic E-state index is 11.0. The number of ketones is 3. The first kappa shape index (κ1) is 98.0. The van der Waals surface area contributed by atoms with Gasteiger partial charge in [0.15, 0.2) is 36.6 Å². The predicted octanol–water partition coefficient (Wildman–Crippen LogP) is 26.1. The topological polar surface area (TPSA) is 189 Å².